The molecular weight excluding hydrogens is 448 g/mol. The third kappa shape index (κ3) is 11.9. The van der Waals surface area contributed by atoms with Gasteiger partial charge in [-0.3, -0.25) is 19.2 Å². The number of Topliss-reactive ketones (excluding diaryl/α,β-unsaturated/α-hetero) is 4. The van der Waals surface area contributed by atoms with Gasteiger partial charge in [0.15, 0.2) is 0 Å². The van der Waals surface area contributed by atoms with Gasteiger partial charge in [0.2, 0.25) is 0 Å². The van der Waals surface area contributed by atoms with Crippen molar-refractivity contribution in [2.75, 3.05) is 0 Å². The van der Waals surface area contributed by atoms with Crippen LogP contribution >= 0.6 is 0 Å². The fourth-order valence-corrected chi connectivity index (χ4v) is 1.81. The molecule has 0 N–H and O–H groups in total. The Labute approximate surface area is 213 Å². The predicted molar refractivity (Wildman–Crippen MR) is 111 cm³/mol. The van der Waals surface area contributed by atoms with Crippen LogP contribution in [-0.4, -0.2) is 80.8 Å². The van der Waals surface area contributed by atoms with Gasteiger partial charge in [0.1, 0.15) is 23.1 Å². The van der Waals surface area contributed by atoms with Crippen LogP contribution in [0.2, 0.25) is 0 Å². The molecule has 7 heteroatoms. The number of hydrogen-bond acceptors (Lipinski definition) is 6. The first-order chi connectivity index (χ1) is 12.0. The molecule has 29 heavy (non-hydrogen) atoms. The van der Waals surface area contributed by atoms with E-state index in [1.165, 1.54) is 0 Å². The zero-order valence-electron chi connectivity index (χ0n) is 20.3. The van der Waals surface area contributed by atoms with Crippen molar-refractivity contribution in [2.45, 2.75) is 95.3 Å². The van der Waals surface area contributed by atoms with E-state index in [1.807, 2.05) is 0 Å². The summed E-state index contributed by atoms with van der Waals surface area (Å²) in [7, 11) is 0. The summed E-state index contributed by atoms with van der Waals surface area (Å²) in [4.78, 5) is 46.1. The van der Waals surface area contributed by atoms with Crippen LogP contribution in [0.1, 0.15) is 83.1 Å². The van der Waals surface area contributed by atoms with Gasteiger partial charge in [-0.25, -0.2) is 0 Å². The van der Waals surface area contributed by atoms with Crippen molar-refractivity contribution >= 4 is 68.6 Å². The smallest absolute Gasteiger partial charge is 0.841 e. The maximum atomic E-state index is 11.5. The summed E-state index contributed by atoms with van der Waals surface area (Å²) < 4.78 is 0. The third-order valence-electron chi connectivity index (χ3n) is 3.91. The van der Waals surface area contributed by atoms with Crippen LogP contribution < -0.4 is 10.2 Å². The number of ketones is 4. The number of carbonyl (C=O) groups is 4. The zero-order valence-corrected chi connectivity index (χ0v) is 23.8. The minimum atomic E-state index is -1.74. The van der Waals surface area contributed by atoms with Gasteiger partial charge in [-0.15, -0.1) is 0 Å². The maximum absolute atomic E-state index is 11.5. The molecule has 0 rings (SSSR count). The van der Waals surface area contributed by atoms with Crippen molar-refractivity contribution in [2.24, 2.45) is 21.7 Å². The summed E-state index contributed by atoms with van der Waals surface area (Å²) in [6.07, 6.45) is -3.48. The Hall–Kier alpha value is 0.0805. The fraction of sp³-hybridized carbons (Fsp3) is 0.818. The average molecular weight is 486 g/mol. The number of carbonyl (C=O) groups excluding carboxylic acids is 4. The first-order valence-electron chi connectivity index (χ1n) is 9.44. The van der Waals surface area contributed by atoms with Gasteiger partial charge < -0.3 is 10.2 Å². The minimum Gasteiger partial charge on any atom is -0.841 e. The molecule has 0 radical (unpaired) electrons. The molecular formula is C22H38O6Sr. The molecule has 0 saturated heterocycles. The van der Waals surface area contributed by atoms with Gasteiger partial charge in [-0.05, 0) is 12.2 Å². The second-order valence-electron chi connectivity index (χ2n) is 11.2. The molecule has 0 aliphatic carbocycles. The number of rotatable bonds is 4. The molecule has 0 spiro atoms. The van der Waals surface area contributed by atoms with E-state index in [1.54, 1.807) is 83.1 Å². The van der Waals surface area contributed by atoms with Gasteiger partial charge in [0.05, 0.1) is 0 Å². The minimum absolute atomic E-state index is 0. The summed E-state index contributed by atoms with van der Waals surface area (Å²) in [6, 6.07) is 0. The second kappa shape index (κ2) is 11.6. The van der Waals surface area contributed by atoms with Crippen molar-refractivity contribution in [3.8, 4) is 0 Å². The SMILES string of the molecule is CC(C)(C)C(=O)C([O-])C(=O)C(C)(C)C.CC(C)(C)C(=O)C([O-])C(=O)C(C)(C)C.[Sr+2]. The van der Waals surface area contributed by atoms with Gasteiger partial charge in [-0.2, -0.15) is 0 Å². The fourth-order valence-electron chi connectivity index (χ4n) is 1.81. The average Bonchev–Trinajstić information content (AvgIpc) is 2.47. The van der Waals surface area contributed by atoms with Gasteiger partial charge in [-0.1, -0.05) is 83.1 Å². The Bertz CT molecular complexity index is 489. The first kappa shape index (κ1) is 33.7. The maximum Gasteiger partial charge on any atom is 2.00 e. The van der Waals surface area contributed by atoms with Crippen LogP contribution in [0.4, 0.5) is 0 Å². The van der Waals surface area contributed by atoms with E-state index in [4.69, 9.17) is 0 Å². The summed E-state index contributed by atoms with van der Waals surface area (Å²) in [5, 5.41) is 23.0. The Morgan fingerprint density at radius 2 is 0.552 bits per heavy atom. The van der Waals surface area contributed by atoms with Crippen molar-refractivity contribution < 1.29 is 29.4 Å². The van der Waals surface area contributed by atoms with E-state index in [2.05, 4.69) is 0 Å². The molecule has 0 heterocycles. The van der Waals surface area contributed by atoms with E-state index < -0.39 is 57.0 Å². The molecule has 0 aromatic heterocycles. The Balaban J connectivity index is -0.000000451. The van der Waals surface area contributed by atoms with Gasteiger partial charge in [0, 0.05) is 21.7 Å². The topological polar surface area (TPSA) is 114 Å². The summed E-state index contributed by atoms with van der Waals surface area (Å²) in [5.74, 6) is -2.12. The van der Waals surface area contributed by atoms with Crippen molar-refractivity contribution in [3.05, 3.63) is 0 Å². The van der Waals surface area contributed by atoms with E-state index in [0.717, 1.165) is 0 Å². The van der Waals surface area contributed by atoms with Crippen molar-refractivity contribution in [1.82, 2.24) is 0 Å². The van der Waals surface area contributed by atoms with E-state index in [-0.39, 0.29) is 45.5 Å². The molecule has 0 saturated carbocycles. The van der Waals surface area contributed by atoms with E-state index in [0.29, 0.717) is 0 Å². The van der Waals surface area contributed by atoms with Crippen LogP contribution in [0.25, 0.3) is 0 Å². The molecule has 0 aromatic carbocycles. The molecule has 0 amide bonds. The Morgan fingerprint density at radius 3 is 0.621 bits per heavy atom. The van der Waals surface area contributed by atoms with Crippen LogP contribution in [0.3, 0.4) is 0 Å². The van der Waals surface area contributed by atoms with Crippen molar-refractivity contribution in [1.29, 1.82) is 0 Å². The monoisotopic (exact) mass is 486 g/mol. The molecule has 164 valence electrons. The Morgan fingerprint density at radius 1 is 0.448 bits per heavy atom. The number of hydrogen-bond donors (Lipinski definition) is 0. The van der Waals surface area contributed by atoms with Crippen molar-refractivity contribution in [3.63, 3.8) is 0 Å². The second-order valence-corrected chi connectivity index (χ2v) is 11.2. The molecule has 0 bridgehead atoms. The summed E-state index contributed by atoms with van der Waals surface area (Å²) >= 11 is 0. The molecule has 0 aliphatic heterocycles. The predicted octanol–water partition coefficient (Wildman–Crippen LogP) is 1.51. The van der Waals surface area contributed by atoms with Crippen LogP contribution in [0.5, 0.6) is 0 Å². The third-order valence-corrected chi connectivity index (χ3v) is 3.91. The van der Waals surface area contributed by atoms with Crippen LogP contribution in [-0.2, 0) is 19.2 Å². The van der Waals surface area contributed by atoms with Crippen LogP contribution in [0.15, 0.2) is 0 Å². The van der Waals surface area contributed by atoms with Gasteiger partial charge >= 0.3 is 45.5 Å². The molecule has 0 aromatic rings. The van der Waals surface area contributed by atoms with E-state index in [9.17, 15) is 29.4 Å². The molecule has 0 aliphatic rings. The first-order valence-corrected chi connectivity index (χ1v) is 9.44. The normalized spacial score (nSPS) is 12.7. The van der Waals surface area contributed by atoms with Crippen LogP contribution in [0, 0.1) is 21.7 Å². The summed E-state index contributed by atoms with van der Waals surface area (Å²) in [6.45, 7) is 19.8. The molecule has 0 unspecified atom stereocenters. The molecule has 6 nitrogen and oxygen atoms in total. The molecule has 0 atom stereocenters. The molecule has 0 fully saturated rings. The quantitative estimate of drug-likeness (QED) is 0.440. The largest absolute Gasteiger partial charge is 2.00 e. The summed E-state index contributed by atoms with van der Waals surface area (Å²) in [5.41, 5.74) is -2.97. The van der Waals surface area contributed by atoms with E-state index >= 15 is 0 Å². The standard InChI is InChI=1S/2C11H19O3.Sr/c2*1-10(2,3)8(13)7(12)9(14)11(4,5)6;/h2*7H,1-6H3;/q2*-1;+2. The Kier molecular flexibility index (Phi) is 13.5. The van der Waals surface area contributed by atoms with Gasteiger partial charge in [0.25, 0.3) is 0 Å². The zero-order chi connectivity index (χ0) is 23.5.